The Morgan fingerprint density at radius 1 is 0.933 bits per heavy atom. The number of halogens is 1. The maximum atomic E-state index is 13.9. The maximum Gasteiger partial charge on any atom is 0.265 e. The van der Waals surface area contributed by atoms with Crippen LogP contribution in [0.15, 0.2) is 66.0 Å². The van der Waals surface area contributed by atoms with Crippen LogP contribution in [0.3, 0.4) is 0 Å². The SMILES string of the molecule is O=C(Nc1ccccc1C(=O)N1CCN(Cc2ccccc2F)CC1)c1cccs1. The van der Waals surface area contributed by atoms with E-state index in [1.165, 1.54) is 17.4 Å². The second-order valence-electron chi connectivity index (χ2n) is 7.14. The molecule has 1 saturated heterocycles. The molecule has 2 aromatic carbocycles. The van der Waals surface area contributed by atoms with Gasteiger partial charge in [-0.15, -0.1) is 11.3 Å². The van der Waals surface area contributed by atoms with Crippen LogP contribution >= 0.6 is 11.3 Å². The van der Waals surface area contributed by atoms with E-state index in [1.807, 2.05) is 17.5 Å². The number of nitrogens with one attached hydrogen (secondary N) is 1. The van der Waals surface area contributed by atoms with Gasteiger partial charge in [0.05, 0.1) is 16.1 Å². The van der Waals surface area contributed by atoms with Crippen molar-refractivity contribution < 1.29 is 14.0 Å². The number of para-hydroxylation sites is 1. The first-order valence-electron chi connectivity index (χ1n) is 9.81. The van der Waals surface area contributed by atoms with Gasteiger partial charge in [-0.3, -0.25) is 14.5 Å². The molecule has 0 unspecified atom stereocenters. The summed E-state index contributed by atoms with van der Waals surface area (Å²) in [4.78, 5) is 30.0. The van der Waals surface area contributed by atoms with Crippen molar-refractivity contribution in [1.29, 1.82) is 0 Å². The van der Waals surface area contributed by atoms with Crippen molar-refractivity contribution in [3.63, 3.8) is 0 Å². The average Bonchev–Trinajstić information content (AvgIpc) is 3.31. The van der Waals surface area contributed by atoms with Crippen LogP contribution in [0.25, 0.3) is 0 Å². The Hall–Kier alpha value is -3.03. The zero-order valence-electron chi connectivity index (χ0n) is 16.4. The third kappa shape index (κ3) is 4.58. The molecular formula is C23H22FN3O2S. The van der Waals surface area contributed by atoms with Crippen LogP contribution in [0, 0.1) is 5.82 Å². The van der Waals surface area contributed by atoms with Crippen LogP contribution in [0.2, 0.25) is 0 Å². The van der Waals surface area contributed by atoms with E-state index in [2.05, 4.69) is 10.2 Å². The van der Waals surface area contributed by atoms with Crippen molar-refractivity contribution >= 4 is 28.8 Å². The summed E-state index contributed by atoms with van der Waals surface area (Å²) < 4.78 is 13.9. The number of carbonyl (C=O) groups is 2. The Morgan fingerprint density at radius 3 is 2.40 bits per heavy atom. The molecule has 3 aromatic rings. The maximum absolute atomic E-state index is 13.9. The van der Waals surface area contributed by atoms with Gasteiger partial charge in [0.25, 0.3) is 11.8 Å². The standard InChI is InChI=1S/C23H22FN3O2S/c24-19-8-3-1-6-17(19)16-26-11-13-27(14-12-26)23(29)18-7-2-4-9-20(18)25-22(28)21-10-5-15-30-21/h1-10,15H,11-14,16H2,(H,25,28). The number of anilines is 1. The van der Waals surface area contributed by atoms with Gasteiger partial charge in [-0.25, -0.2) is 4.39 Å². The summed E-state index contributed by atoms with van der Waals surface area (Å²) >= 11 is 1.35. The number of nitrogens with zero attached hydrogens (tertiary/aromatic N) is 2. The van der Waals surface area contributed by atoms with E-state index in [0.717, 1.165) is 0 Å². The van der Waals surface area contributed by atoms with Gasteiger partial charge >= 0.3 is 0 Å². The van der Waals surface area contributed by atoms with Crippen molar-refractivity contribution in [2.24, 2.45) is 0 Å². The summed E-state index contributed by atoms with van der Waals surface area (Å²) in [7, 11) is 0. The fourth-order valence-electron chi connectivity index (χ4n) is 3.52. The summed E-state index contributed by atoms with van der Waals surface area (Å²) in [6, 6.07) is 17.4. The monoisotopic (exact) mass is 423 g/mol. The highest BCUT2D eigenvalue weighted by atomic mass is 32.1. The van der Waals surface area contributed by atoms with E-state index in [0.29, 0.717) is 54.4 Å². The second-order valence-corrected chi connectivity index (χ2v) is 8.08. The number of thiophene rings is 1. The molecule has 0 saturated carbocycles. The van der Waals surface area contributed by atoms with Gasteiger partial charge in [0.1, 0.15) is 5.82 Å². The molecular weight excluding hydrogens is 401 g/mol. The van der Waals surface area contributed by atoms with E-state index in [4.69, 9.17) is 0 Å². The van der Waals surface area contributed by atoms with Gasteiger partial charge < -0.3 is 10.2 Å². The number of piperazine rings is 1. The Labute approximate surface area is 178 Å². The lowest BCUT2D eigenvalue weighted by Gasteiger charge is -2.35. The van der Waals surface area contributed by atoms with Crippen molar-refractivity contribution in [3.8, 4) is 0 Å². The highest BCUT2D eigenvalue weighted by molar-refractivity contribution is 7.12. The minimum absolute atomic E-state index is 0.109. The summed E-state index contributed by atoms with van der Waals surface area (Å²) in [6.07, 6.45) is 0. The van der Waals surface area contributed by atoms with E-state index >= 15 is 0 Å². The Morgan fingerprint density at radius 2 is 1.67 bits per heavy atom. The number of amides is 2. The summed E-state index contributed by atoms with van der Waals surface area (Å²) in [5.74, 6) is -0.533. The quantitative estimate of drug-likeness (QED) is 0.672. The lowest BCUT2D eigenvalue weighted by molar-refractivity contribution is 0.0628. The molecule has 154 valence electrons. The first kappa shape index (κ1) is 20.3. The van der Waals surface area contributed by atoms with E-state index < -0.39 is 0 Å². The van der Waals surface area contributed by atoms with Crippen LogP contribution in [0.5, 0.6) is 0 Å². The van der Waals surface area contributed by atoms with Crippen LogP contribution in [-0.2, 0) is 6.54 Å². The fraction of sp³-hybridized carbons (Fsp3) is 0.217. The Kier molecular flexibility index (Phi) is 6.21. The lowest BCUT2D eigenvalue weighted by atomic mass is 10.1. The number of hydrogen-bond donors (Lipinski definition) is 1. The summed E-state index contributed by atoms with van der Waals surface area (Å²) in [6.45, 7) is 2.98. The molecule has 0 bridgehead atoms. The van der Waals surface area contributed by atoms with Crippen molar-refractivity contribution in [2.75, 3.05) is 31.5 Å². The third-order valence-electron chi connectivity index (χ3n) is 5.16. The Bertz CT molecular complexity index is 1030. The molecule has 30 heavy (non-hydrogen) atoms. The minimum atomic E-state index is -0.222. The van der Waals surface area contributed by atoms with Gasteiger partial charge in [0.2, 0.25) is 0 Å². The van der Waals surface area contributed by atoms with Gasteiger partial charge in [0, 0.05) is 38.3 Å². The lowest BCUT2D eigenvalue weighted by Crippen LogP contribution is -2.48. The molecule has 0 spiro atoms. The molecule has 0 atom stereocenters. The minimum Gasteiger partial charge on any atom is -0.336 e. The van der Waals surface area contributed by atoms with Crippen LogP contribution < -0.4 is 5.32 Å². The summed E-state index contributed by atoms with van der Waals surface area (Å²) in [5.41, 5.74) is 1.65. The molecule has 1 aliphatic heterocycles. The van der Waals surface area contributed by atoms with E-state index in [1.54, 1.807) is 47.4 Å². The van der Waals surface area contributed by atoms with Gasteiger partial charge in [-0.2, -0.15) is 0 Å². The zero-order chi connectivity index (χ0) is 20.9. The Balaban J connectivity index is 1.40. The molecule has 0 aliphatic carbocycles. The normalized spacial score (nSPS) is 14.5. The predicted octanol–water partition coefficient (Wildman–Crippen LogP) is 4.10. The molecule has 1 N–H and O–H groups in total. The molecule has 2 heterocycles. The second kappa shape index (κ2) is 9.19. The van der Waals surface area contributed by atoms with Gasteiger partial charge in [-0.05, 0) is 29.6 Å². The topological polar surface area (TPSA) is 52.7 Å². The van der Waals surface area contributed by atoms with Crippen molar-refractivity contribution in [3.05, 3.63) is 87.9 Å². The molecule has 5 nitrogen and oxygen atoms in total. The molecule has 4 rings (SSSR count). The van der Waals surface area contributed by atoms with Gasteiger partial charge in [0.15, 0.2) is 0 Å². The molecule has 1 fully saturated rings. The number of rotatable bonds is 5. The third-order valence-corrected chi connectivity index (χ3v) is 6.03. The highest BCUT2D eigenvalue weighted by Crippen LogP contribution is 2.21. The molecule has 1 aromatic heterocycles. The average molecular weight is 424 g/mol. The van der Waals surface area contributed by atoms with Gasteiger partial charge in [-0.1, -0.05) is 36.4 Å². The molecule has 7 heteroatoms. The summed E-state index contributed by atoms with van der Waals surface area (Å²) in [5, 5.41) is 4.69. The van der Waals surface area contributed by atoms with Crippen molar-refractivity contribution in [1.82, 2.24) is 9.80 Å². The predicted molar refractivity (Wildman–Crippen MR) is 116 cm³/mol. The highest BCUT2D eigenvalue weighted by Gasteiger charge is 2.24. The molecule has 0 radical (unpaired) electrons. The van der Waals surface area contributed by atoms with Crippen LogP contribution in [0.4, 0.5) is 10.1 Å². The fourth-order valence-corrected chi connectivity index (χ4v) is 4.14. The number of hydrogen-bond acceptors (Lipinski definition) is 4. The molecule has 2 amide bonds. The zero-order valence-corrected chi connectivity index (χ0v) is 17.2. The van der Waals surface area contributed by atoms with Crippen LogP contribution in [0.1, 0.15) is 25.6 Å². The number of benzene rings is 2. The smallest absolute Gasteiger partial charge is 0.265 e. The number of carbonyl (C=O) groups excluding carboxylic acids is 2. The first-order chi connectivity index (χ1) is 14.6. The first-order valence-corrected chi connectivity index (χ1v) is 10.7. The largest absolute Gasteiger partial charge is 0.336 e. The van der Waals surface area contributed by atoms with E-state index in [9.17, 15) is 14.0 Å². The van der Waals surface area contributed by atoms with Crippen molar-refractivity contribution in [2.45, 2.75) is 6.54 Å². The molecule has 1 aliphatic rings. The van der Waals surface area contributed by atoms with Crippen LogP contribution in [-0.4, -0.2) is 47.8 Å². The van der Waals surface area contributed by atoms with E-state index in [-0.39, 0.29) is 17.6 Å².